The average molecular weight is 325 g/mol. The molecule has 126 valence electrons. The number of anilines is 1. The second-order valence-electron chi connectivity index (χ2n) is 6.05. The lowest BCUT2D eigenvalue weighted by Gasteiger charge is -2.22. The van der Waals surface area contributed by atoms with Gasteiger partial charge in [0.1, 0.15) is 11.5 Å². The molecular weight excluding hydrogens is 302 g/mol. The van der Waals surface area contributed by atoms with Crippen LogP contribution in [0, 0.1) is 0 Å². The van der Waals surface area contributed by atoms with E-state index in [0.717, 1.165) is 18.6 Å². The molecule has 0 spiro atoms. The van der Waals surface area contributed by atoms with Crippen LogP contribution in [0.4, 0.5) is 5.69 Å². The molecule has 0 radical (unpaired) electrons. The predicted molar refractivity (Wildman–Crippen MR) is 94.8 cm³/mol. The van der Waals surface area contributed by atoms with E-state index in [1.54, 1.807) is 14.0 Å². The zero-order valence-corrected chi connectivity index (χ0v) is 14.2. The highest BCUT2D eigenvalue weighted by molar-refractivity contribution is 5.95. The third kappa shape index (κ3) is 3.53. The van der Waals surface area contributed by atoms with Crippen molar-refractivity contribution >= 4 is 11.6 Å². The second kappa shape index (κ2) is 7.39. The van der Waals surface area contributed by atoms with Crippen LogP contribution in [-0.4, -0.2) is 19.1 Å². The summed E-state index contributed by atoms with van der Waals surface area (Å²) in [5, 5.41) is 2.87. The van der Waals surface area contributed by atoms with Crippen LogP contribution in [0.5, 0.6) is 11.5 Å². The molecule has 0 bridgehead atoms. The third-order valence-corrected chi connectivity index (χ3v) is 4.39. The summed E-state index contributed by atoms with van der Waals surface area (Å²) in [7, 11) is 1.58. The van der Waals surface area contributed by atoms with Crippen molar-refractivity contribution < 1.29 is 14.3 Å². The van der Waals surface area contributed by atoms with Gasteiger partial charge in [-0.25, -0.2) is 0 Å². The number of rotatable bonds is 5. The van der Waals surface area contributed by atoms with Gasteiger partial charge < -0.3 is 14.8 Å². The maximum Gasteiger partial charge on any atom is 0.265 e. The lowest BCUT2D eigenvalue weighted by Crippen LogP contribution is -2.30. The van der Waals surface area contributed by atoms with Gasteiger partial charge in [0.2, 0.25) is 0 Å². The highest BCUT2D eigenvalue weighted by atomic mass is 16.5. The molecule has 1 N–H and O–H groups in total. The number of para-hydroxylation sites is 2. The Morgan fingerprint density at radius 1 is 1.04 bits per heavy atom. The van der Waals surface area contributed by atoms with Gasteiger partial charge in [0.25, 0.3) is 5.91 Å². The maximum absolute atomic E-state index is 12.5. The van der Waals surface area contributed by atoms with Crippen molar-refractivity contribution in [3.63, 3.8) is 0 Å². The van der Waals surface area contributed by atoms with Gasteiger partial charge >= 0.3 is 0 Å². The fourth-order valence-electron chi connectivity index (χ4n) is 3.08. The van der Waals surface area contributed by atoms with Gasteiger partial charge in [-0.05, 0) is 61.9 Å². The second-order valence-corrected chi connectivity index (χ2v) is 6.05. The van der Waals surface area contributed by atoms with Gasteiger partial charge in [0, 0.05) is 0 Å². The van der Waals surface area contributed by atoms with E-state index in [1.165, 1.54) is 24.0 Å². The minimum Gasteiger partial charge on any atom is -0.495 e. The molecule has 1 aliphatic rings. The first-order valence-corrected chi connectivity index (χ1v) is 8.40. The number of methoxy groups -OCH3 is 1. The highest BCUT2D eigenvalue weighted by Gasteiger charge is 2.20. The first kappa shape index (κ1) is 16.4. The largest absolute Gasteiger partial charge is 0.495 e. The van der Waals surface area contributed by atoms with Crippen molar-refractivity contribution in [3.8, 4) is 11.5 Å². The van der Waals surface area contributed by atoms with Gasteiger partial charge in [0.15, 0.2) is 6.10 Å². The molecular formula is C20H23NO3. The SMILES string of the molecule is COc1ccccc1NC(=O)C(C)Oc1cccc2c1CCCC2. The molecule has 1 aliphatic carbocycles. The Kier molecular flexibility index (Phi) is 5.04. The number of aryl methyl sites for hydroxylation is 1. The van der Waals surface area contributed by atoms with Crippen molar-refractivity contribution in [3.05, 3.63) is 53.6 Å². The monoisotopic (exact) mass is 325 g/mol. The van der Waals surface area contributed by atoms with E-state index < -0.39 is 6.10 Å². The van der Waals surface area contributed by atoms with E-state index in [1.807, 2.05) is 36.4 Å². The first-order chi connectivity index (χ1) is 11.7. The summed E-state index contributed by atoms with van der Waals surface area (Å²) >= 11 is 0. The van der Waals surface area contributed by atoms with Crippen molar-refractivity contribution in [2.45, 2.75) is 38.7 Å². The Hall–Kier alpha value is -2.49. The zero-order valence-electron chi connectivity index (χ0n) is 14.2. The molecule has 1 amide bonds. The minimum absolute atomic E-state index is 0.187. The molecule has 1 atom stereocenters. The van der Waals surface area contributed by atoms with Gasteiger partial charge in [-0.15, -0.1) is 0 Å². The summed E-state index contributed by atoms with van der Waals surface area (Å²) in [4.78, 5) is 12.5. The number of amides is 1. The number of benzene rings is 2. The van der Waals surface area contributed by atoms with Gasteiger partial charge in [-0.2, -0.15) is 0 Å². The summed E-state index contributed by atoms with van der Waals surface area (Å²) in [5.41, 5.74) is 3.24. The third-order valence-electron chi connectivity index (χ3n) is 4.39. The van der Waals surface area contributed by atoms with Crippen LogP contribution >= 0.6 is 0 Å². The molecule has 24 heavy (non-hydrogen) atoms. The summed E-state index contributed by atoms with van der Waals surface area (Å²) in [5.74, 6) is 1.28. The summed E-state index contributed by atoms with van der Waals surface area (Å²) in [6.07, 6.45) is 3.93. The fraction of sp³-hybridized carbons (Fsp3) is 0.350. The molecule has 2 aromatic carbocycles. The van der Waals surface area contributed by atoms with Crippen molar-refractivity contribution in [1.29, 1.82) is 0 Å². The van der Waals surface area contributed by atoms with Crippen LogP contribution < -0.4 is 14.8 Å². The first-order valence-electron chi connectivity index (χ1n) is 8.40. The molecule has 1 unspecified atom stereocenters. The number of nitrogens with one attached hydrogen (secondary N) is 1. The van der Waals surface area contributed by atoms with Crippen molar-refractivity contribution in [2.75, 3.05) is 12.4 Å². The summed E-state index contributed by atoms with van der Waals surface area (Å²) in [6.45, 7) is 1.77. The van der Waals surface area contributed by atoms with Crippen LogP contribution in [0.15, 0.2) is 42.5 Å². The number of fused-ring (bicyclic) bond motifs is 1. The molecule has 4 heteroatoms. The number of hydrogen-bond acceptors (Lipinski definition) is 3. The fourth-order valence-corrected chi connectivity index (χ4v) is 3.08. The average Bonchev–Trinajstić information content (AvgIpc) is 2.62. The molecule has 0 aromatic heterocycles. The topological polar surface area (TPSA) is 47.6 Å². The Balaban J connectivity index is 1.71. The Morgan fingerprint density at radius 2 is 1.79 bits per heavy atom. The van der Waals surface area contributed by atoms with E-state index in [-0.39, 0.29) is 5.91 Å². The molecule has 0 saturated carbocycles. The Labute approximate surface area is 142 Å². The summed E-state index contributed by atoms with van der Waals surface area (Å²) in [6, 6.07) is 13.5. The van der Waals surface area contributed by atoms with Crippen molar-refractivity contribution in [2.24, 2.45) is 0 Å². The van der Waals surface area contributed by atoms with Crippen LogP contribution in [0.1, 0.15) is 30.9 Å². The molecule has 3 rings (SSSR count). The predicted octanol–water partition coefficient (Wildman–Crippen LogP) is 3.98. The van der Waals surface area contributed by atoms with Gasteiger partial charge in [-0.1, -0.05) is 24.3 Å². The van der Waals surface area contributed by atoms with Crippen LogP contribution in [0.3, 0.4) is 0 Å². The maximum atomic E-state index is 12.5. The van der Waals surface area contributed by atoms with E-state index in [2.05, 4.69) is 11.4 Å². The number of carbonyl (C=O) groups is 1. The van der Waals surface area contributed by atoms with Crippen LogP contribution in [0.2, 0.25) is 0 Å². The molecule has 2 aromatic rings. The normalized spacial score (nSPS) is 14.4. The highest BCUT2D eigenvalue weighted by Crippen LogP contribution is 2.30. The number of ether oxygens (including phenoxy) is 2. The van der Waals surface area contributed by atoms with E-state index >= 15 is 0 Å². The number of hydrogen-bond donors (Lipinski definition) is 1. The summed E-state index contributed by atoms with van der Waals surface area (Å²) < 4.78 is 11.2. The van der Waals surface area contributed by atoms with E-state index in [4.69, 9.17) is 9.47 Å². The molecule has 0 fully saturated rings. The minimum atomic E-state index is -0.580. The zero-order chi connectivity index (χ0) is 16.9. The smallest absolute Gasteiger partial charge is 0.265 e. The Morgan fingerprint density at radius 3 is 2.62 bits per heavy atom. The Bertz CT molecular complexity index is 727. The quantitative estimate of drug-likeness (QED) is 0.904. The number of carbonyl (C=O) groups excluding carboxylic acids is 1. The van der Waals surface area contributed by atoms with E-state index in [9.17, 15) is 4.79 Å². The van der Waals surface area contributed by atoms with E-state index in [0.29, 0.717) is 11.4 Å². The van der Waals surface area contributed by atoms with Gasteiger partial charge in [-0.3, -0.25) is 4.79 Å². The van der Waals surface area contributed by atoms with Crippen LogP contribution in [0.25, 0.3) is 0 Å². The lowest BCUT2D eigenvalue weighted by molar-refractivity contribution is -0.122. The van der Waals surface area contributed by atoms with Gasteiger partial charge in [0.05, 0.1) is 12.8 Å². The molecule has 0 saturated heterocycles. The standard InChI is InChI=1S/C20H23NO3/c1-14(20(22)21-17-11-5-6-12-19(17)23-2)24-18-13-7-9-15-8-3-4-10-16(15)18/h5-7,9,11-14H,3-4,8,10H2,1-2H3,(H,21,22). The lowest BCUT2D eigenvalue weighted by atomic mass is 9.91. The molecule has 0 aliphatic heterocycles. The van der Waals surface area contributed by atoms with Crippen molar-refractivity contribution in [1.82, 2.24) is 0 Å². The van der Waals surface area contributed by atoms with Crippen LogP contribution in [-0.2, 0) is 17.6 Å². The molecule has 0 heterocycles. The molecule has 4 nitrogen and oxygen atoms in total.